The number of hydrogen-bond donors (Lipinski definition) is 0. The van der Waals surface area contributed by atoms with Crippen molar-refractivity contribution in [3.05, 3.63) is 0 Å². The second kappa shape index (κ2) is 4.82. The Morgan fingerprint density at radius 3 is 1.40 bits per heavy atom. The van der Waals surface area contributed by atoms with E-state index < -0.39 is 10.7 Å². The van der Waals surface area contributed by atoms with Crippen LogP contribution in [0.3, 0.4) is 0 Å². The van der Waals surface area contributed by atoms with Gasteiger partial charge in [-0.15, -0.1) is 0 Å². The Labute approximate surface area is 51.3 Å². The molecule has 0 aliphatic rings. The van der Waals surface area contributed by atoms with Crippen LogP contribution in [0.1, 0.15) is 0 Å². The summed E-state index contributed by atoms with van der Waals surface area (Å²) < 4.78 is 18.0. The van der Waals surface area contributed by atoms with E-state index in [1.165, 1.54) is 0 Å². The van der Waals surface area contributed by atoms with Crippen molar-refractivity contribution in [1.82, 2.24) is 0 Å². The van der Waals surface area contributed by atoms with E-state index in [1.54, 1.807) is 0 Å². The van der Waals surface area contributed by atoms with Gasteiger partial charge in [0.1, 0.15) is 0 Å². The fourth-order valence-corrected chi connectivity index (χ4v) is 0. The molecule has 0 N–H and O–H groups in total. The molecule has 0 aromatic carbocycles. The predicted octanol–water partition coefficient (Wildman–Crippen LogP) is -0.0770. The minimum Gasteiger partial charge on any atom is -0.424 e. The van der Waals surface area contributed by atoms with Crippen molar-refractivity contribution in [1.29, 1.82) is 0 Å². The first-order valence-electron chi connectivity index (χ1n) is 0.742. The first kappa shape index (κ1) is 9.27. The quantitative estimate of drug-likeness (QED) is 0.423. The standard InChI is InChI=1S/CH3O2S.Sc/c1-4(2)3;/h1H3;/q-1;. The van der Waals surface area contributed by atoms with E-state index in [9.17, 15) is 0 Å². The molecule has 0 aliphatic carbocycles. The van der Waals surface area contributed by atoms with Crippen LogP contribution in [0.4, 0.5) is 0 Å². The van der Waals surface area contributed by atoms with Crippen LogP contribution in [0.2, 0.25) is 0 Å². The molecule has 1 radical (unpaired) electrons. The molecule has 0 saturated heterocycles. The second-order valence-electron chi connectivity index (χ2n) is 0.401. The van der Waals surface area contributed by atoms with Crippen molar-refractivity contribution in [3.63, 3.8) is 0 Å². The van der Waals surface area contributed by atoms with Crippen LogP contribution in [0.25, 0.3) is 0 Å². The molecule has 0 amide bonds. The molecule has 0 heterocycles. The van der Waals surface area contributed by atoms with E-state index in [0.717, 1.165) is 6.26 Å². The summed E-state index contributed by atoms with van der Waals surface area (Å²) in [6.45, 7) is 0. The molecule has 0 aromatic rings. The number of hydrogen-bond acceptors (Lipinski definition) is 3. The normalized spacial score (nSPS) is 6.80. The summed E-state index contributed by atoms with van der Waals surface area (Å²) in [4.78, 5) is 0. The average Bonchev–Trinajstić information content (AvgIpc) is 0.811. The van der Waals surface area contributed by atoms with Crippen LogP contribution in [-0.4, -0.2) is 6.26 Å². The van der Waals surface area contributed by atoms with Gasteiger partial charge >= 0.3 is 0 Å². The van der Waals surface area contributed by atoms with Crippen molar-refractivity contribution in [2.45, 2.75) is 0 Å². The van der Waals surface area contributed by atoms with Crippen LogP contribution < -0.4 is 0 Å². The molecule has 2 nitrogen and oxygen atoms in total. The van der Waals surface area contributed by atoms with Gasteiger partial charge in [-0.3, -0.25) is 0 Å². The van der Waals surface area contributed by atoms with E-state index in [-0.39, 0.29) is 25.8 Å². The Bertz CT molecular complexity index is 58.0. The summed E-state index contributed by atoms with van der Waals surface area (Å²) in [5.41, 5.74) is 0. The largest absolute Gasteiger partial charge is 0.424 e. The van der Waals surface area contributed by atoms with Crippen LogP contribution in [0.15, 0.2) is 0 Å². The predicted molar refractivity (Wildman–Crippen MR) is 14.7 cm³/mol. The molecular weight excluding hydrogens is 121 g/mol. The van der Waals surface area contributed by atoms with Gasteiger partial charge in [-0.1, -0.05) is 17.0 Å². The summed E-state index contributed by atoms with van der Waals surface area (Å²) >= 11 is 0. The van der Waals surface area contributed by atoms with Crippen LogP contribution in [0.5, 0.6) is 0 Å². The third-order valence-electron chi connectivity index (χ3n) is 0. The molecule has 0 bridgehead atoms. The van der Waals surface area contributed by atoms with Crippen LogP contribution in [-0.2, 0) is 45.0 Å². The molecule has 0 aliphatic heterocycles. The maximum atomic E-state index is 9.00. The summed E-state index contributed by atoms with van der Waals surface area (Å²) in [7, 11) is -1.86. The zero-order chi connectivity index (χ0) is 3.58. The first-order valence-corrected chi connectivity index (χ1v) is 2.22. The first-order chi connectivity index (χ1) is 1.73. The zero-order valence-electron chi connectivity index (χ0n) is 2.80. The third-order valence-corrected chi connectivity index (χ3v) is 0. The number of rotatable bonds is 0. The van der Waals surface area contributed by atoms with Crippen molar-refractivity contribution >= 4 is 10.7 Å². The molecule has 0 rings (SSSR count). The smallest absolute Gasteiger partial charge is 0 e. The molecule has 0 fully saturated rings. The van der Waals surface area contributed by atoms with E-state index in [1.807, 2.05) is 0 Å². The summed E-state index contributed by atoms with van der Waals surface area (Å²) in [6.07, 6.45) is 1.08. The van der Waals surface area contributed by atoms with Crippen molar-refractivity contribution < 1.29 is 34.3 Å². The minimum absolute atomic E-state index is 0. The van der Waals surface area contributed by atoms with Gasteiger partial charge in [-0.25, -0.2) is 0 Å². The maximum Gasteiger partial charge on any atom is 0 e. The molecule has 0 atom stereocenters. The fourth-order valence-electron chi connectivity index (χ4n) is 0. The van der Waals surface area contributed by atoms with E-state index in [0.29, 0.717) is 0 Å². The van der Waals surface area contributed by atoms with Gasteiger partial charge in [-0.05, 0) is 0 Å². The molecule has 0 saturated carbocycles. The second-order valence-corrected chi connectivity index (χ2v) is 1.20. The Hall–Kier alpha value is 0.820. The van der Waals surface area contributed by atoms with Crippen LogP contribution in [0, 0.1) is 0 Å². The van der Waals surface area contributed by atoms with E-state index in [4.69, 9.17) is 8.42 Å². The van der Waals surface area contributed by atoms with Gasteiger partial charge in [0.15, 0.2) is 0 Å². The molecule has 0 unspecified atom stereocenters. The van der Waals surface area contributed by atoms with Gasteiger partial charge in [-0.2, -0.15) is 0 Å². The van der Waals surface area contributed by atoms with E-state index >= 15 is 0 Å². The van der Waals surface area contributed by atoms with Gasteiger partial charge in [0, 0.05) is 25.8 Å². The van der Waals surface area contributed by atoms with Gasteiger partial charge in [0.05, 0.1) is 0 Å². The molecule has 5 heavy (non-hydrogen) atoms. The molecular formula is CH3O2SSc-. The summed E-state index contributed by atoms with van der Waals surface area (Å²) in [6, 6.07) is 0. The summed E-state index contributed by atoms with van der Waals surface area (Å²) in [5.74, 6) is 0. The van der Waals surface area contributed by atoms with E-state index in [2.05, 4.69) is 0 Å². The Balaban J connectivity index is 0. The van der Waals surface area contributed by atoms with Crippen molar-refractivity contribution in [2.75, 3.05) is 6.26 Å². The molecule has 4 heteroatoms. The topological polar surface area (TPSA) is 34.1 Å². The van der Waals surface area contributed by atoms with Gasteiger partial charge in [0.25, 0.3) is 0 Å². The van der Waals surface area contributed by atoms with Crippen LogP contribution >= 0.6 is 0 Å². The molecule has 0 spiro atoms. The third kappa shape index (κ3) is 57.0. The van der Waals surface area contributed by atoms with Crippen molar-refractivity contribution in [2.24, 2.45) is 0 Å². The Morgan fingerprint density at radius 1 is 1.40 bits per heavy atom. The molecule has 29 valence electrons. The summed E-state index contributed by atoms with van der Waals surface area (Å²) in [5, 5.41) is 0. The zero-order valence-corrected chi connectivity index (χ0v) is 5.42. The average molecular weight is 124 g/mol. The maximum absolute atomic E-state index is 9.00. The monoisotopic (exact) mass is 124 g/mol. The fraction of sp³-hybridized carbons (Fsp3) is 1.00. The van der Waals surface area contributed by atoms with Crippen molar-refractivity contribution in [3.8, 4) is 0 Å². The van der Waals surface area contributed by atoms with Gasteiger partial charge < -0.3 is 8.42 Å². The Kier molecular flexibility index (Phi) is 8.93. The SMILES string of the molecule is C[S-](=O)=O.[Sc]. The van der Waals surface area contributed by atoms with Gasteiger partial charge in [0.2, 0.25) is 0 Å². The molecule has 0 aromatic heterocycles. The minimum atomic E-state index is -1.86. The Morgan fingerprint density at radius 2 is 1.40 bits per heavy atom.